The molecule has 268 valence electrons. The number of Topliss-reactive ketones (excluding diaryl/α,β-unsaturated/α-hetero) is 1. The van der Waals surface area contributed by atoms with Gasteiger partial charge in [0.2, 0.25) is 0 Å². The van der Waals surface area contributed by atoms with Crippen LogP contribution in [-0.2, 0) is 19.1 Å². The molecule has 6 N–H and O–H groups in total. The number of alkyl halides is 1. The van der Waals surface area contributed by atoms with Gasteiger partial charge in [-0.05, 0) is 81.7 Å². The average molecular weight is 672 g/mol. The fourth-order valence-electron chi connectivity index (χ4n) is 10.4. The van der Waals surface area contributed by atoms with Gasteiger partial charge in [-0.3, -0.25) is 19.5 Å². The summed E-state index contributed by atoms with van der Waals surface area (Å²) >= 11 is 0. The maximum Gasteiger partial charge on any atom is 0.256 e. The van der Waals surface area contributed by atoms with Crippen LogP contribution in [0.4, 0.5) is 4.39 Å². The van der Waals surface area contributed by atoms with Gasteiger partial charge in [-0.25, -0.2) is 4.39 Å². The van der Waals surface area contributed by atoms with Gasteiger partial charge in [0.25, 0.3) is 5.91 Å². The van der Waals surface area contributed by atoms with Crippen LogP contribution < -0.4 is 22.1 Å². The Labute approximate surface area is 285 Å². The first-order valence-corrected chi connectivity index (χ1v) is 19.1. The van der Waals surface area contributed by atoms with Gasteiger partial charge < -0.3 is 36.5 Å². The minimum absolute atomic E-state index is 0.0210. The third-order valence-corrected chi connectivity index (χ3v) is 12.8. The molecule has 1 amide bonds. The van der Waals surface area contributed by atoms with Crippen molar-refractivity contribution in [1.82, 2.24) is 20.4 Å². The zero-order chi connectivity index (χ0) is 33.2. The molecule has 4 aliphatic carbocycles. The molecule has 2 saturated heterocycles. The van der Waals surface area contributed by atoms with Crippen LogP contribution in [0.1, 0.15) is 77.0 Å². The molecule has 0 aromatic heterocycles. The highest BCUT2D eigenvalue weighted by atomic mass is 19.1. The SMILES string of the molecule is NC(N)=NCC1CCCC(CNC(=O)C2=CN3C4CC5CCCCC5CC4OC4C(NCCCN5CCOCC5)C(F)CC(C2=O)C43)C1. The van der Waals surface area contributed by atoms with Crippen LogP contribution in [0.25, 0.3) is 0 Å². The predicted octanol–water partition coefficient (Wildman–Crippen LogP) is 2.09. The second-order valence-corrected chi connectivity index (χ2v) is 15.8. The van der Waals surface area contributed by atoms with Gasteiger partial charge in [0.1, 0.15) is 6.17 Å². The highest BCUT2D eigenvalue weighted by Gasteiger charge is 2.59. The summed E-state index contributed by atoms with van der Waals surface area (Å²) in [7, 11) is 0. The molecule has 0 aromatic rings. The fraction of sp³-hybridized carbons (Fsp3) is 0.861. The van der Waals surface area contributed by atoms with E-state index in [4.69, 9.17) is 20.9 Å². The molecule has 11 atom stereocenters. The van der Waals surface area contributed by atoms with Crippen molar-refractivity contribution in [3.05, 3.63) is 11.8 Å². The zero-order valence-electron chi connectivity index (χ0n) is 28.6. The molecule has 3 aliphatic heterocycles. The number of ketones is 1. The summed E-state index contributed by atoms with van der Waals surface area (Å²) in [5.41, 5.74) is 11.3. The number of morpholine rings is 2. The molecular weight excluding hydrogens is 613 g/mol. The Morgan fingerprint density at radius 1 is 1.00 bits per heavy atom. The lowest BCUT2D eigenvalue weighted by molar-refractivity contribution is -0.208. The van der Waals surface area contributed by atoms with Crippen molar-refractivity contribution < 1.29 is 23.5 Å². The van der Waals surface area contributed by atoms with E-state index in [0.29, 0.717) is 43.3 Å². The summed E-state index contributed by atoms with van der Waals surface area (Å²) in [6.45, 7) is 6.19. The maximum atomic E-state index is 16.2. The number of hydrogen-bond acceptors (Lipinski definition) is 8. The second-order valence-electron chi connectivity index (χ2n) is 15.8. The molecule has 48 heavy (non-hydrogen) atoms. The first-order valence-electron chi connectivity index (χ1n) is 19.1. The molecule has 0 bridgehead atoms. The molecule has 4 saturated carbocycles. The quantitative estimate of drug-likeness (QED) is 0.119. The van der Waals surface area contributed by atoms with Crippen molar-refractivity contribution in [3.63, 3.8) is 0 Å². The third-order valence-electron chi connectivity index (χ3n) is 12.8. The topological polar surface area (TPSA) is 148 Å². The van der Waals surface area contributed by atoms with E-state index < -0.39 is 24.2 Å². The van der Waals surface area contributed by atoms with Gasteiger partial charge in [0, 0.05) is 38.3 Å². The van der Waals surface area contributed by atoms with Crippen LogP contribution in [-0.4, -0.2) is 116 Å². The van der Waals surface area contributed by atoms with Gasteiger partial charge in [-0.15, -0.1) is 0 Å². The van der Waals surface area contributed by atoms with Crippen molar-refractivity contribution in [3.8, 4) is 0 Å². The number of carbonyl (C=O) groups is 2. The fourth-order valence-corrected chi connectivity index (χ4v) is 10.4. The van der Waals surface area contributed by atoms with E-state index in [9.17, 15) is 9.59 Å². The number of aliphatic imine (C=N–C) groups is 1. The van der Waals surface area contributed by atoms with Crippen LogP contribution in [0.2, 0.25) is 0 Å². The molecule has 7 aliphatic rings. The molecule has 3 heterocycles. The number of rotatable bonds is 10. The standard InChI is InChI=1S/C36H58FN7O4/c37-28-18-26-32-34(31(28)40-9-4-10-43-11-13-47-14-12-43)48-30-17-25-8-2-1-7-24(25)16-29(30)44(32)21-27(33(26)45)35(46)41-19-22-5-3-6-23(15-22)20-42-36(38)39/h21-26,28-32,34,40H,1-20H2,(H,41,46)(H4,38,39,42). The molecule has 0 spiro atoms. The second kappa shape index (κ2) is 15.3. The van der Waals surface area contributed by atoms with Crippen molar-refractivity contribution in [2.24, 2.45) is 46.0 Å². The Kier molecular flexibility index (Phi) is 10.9. The number of halogens is 1. The van der Waals surface area contributed by atoms with Gasteiger partial charge in [-0.2, -0.15) is 0 Å². The van der Waals surface area contributed by atoms with Crippen molar-refractivity contribution in [2.45, 2.75) is 114 Å². The van der Waals surface area contributed by atoms with Crippen LogP contribution in [0.3, 0.4) is 0 Å². The molecule has 11 nitrogen and oxygen atoms in total. The van der Waals surface area contributed by atoms with E-state index in [0.717, 1.165) is 77.8 Å². The van der Waals surface area contributed by atoms with Crippen LogP contribution >= 0.6 is 0 Å². The number of amides is 1. The normalized spacial score (nSPS) is 39.8. The third kappa shape index (κ3) is 7.42. The lowest BCUT2D eigenvalue weighted by Gasteiger charge is -2.61. The number of ether oxygens (including phenoxy) is 2. The summed E-state index contributed by atoms with van der Waals surface area (Å²) < 4.78 is 28.7. The lowest BCUT2D eigenvalue weighted by atomic mass is 9.65. The maximum absolute atomic E-state index is 16.2. The molecular formula is C36H58FN7O4. The lowest BCUT2D eigenvalue weighted by Crippen LogP contribution is -2.73. The van der Waals surface area contributed by atoms with E-state index in [2.05, 4.69) is 25.4 Å². The molecule has 12 heteroatoms. The smallest absolute Gasteiger partial charge is 0.256 e. The number of guanidine groups is 1. The Bertz CT molecular complexity index is 1210. The Morgan fingerprint density at radius 3 is 2.56 bits per heavy atom. The van der Waals surface area contributed by atoms with Crippen LogP contribution in [0.5, 0.6) is 0 Å². The van der Waals surface area contributed by atoms with Gasteiger partial charge in [0.15, 0.2) is 11.7 Å². The monoisotopic (exact) mass is 671 g/mol. The Balaban J connectivity index is 1.06. The van der Waals surface area contributed by atoms with E-state index in [1.807, 2.05) is 6.20 Å². The van der Waals surface area contributed by atoms with E-state index in [-0.39, 0.29) is 47.8 Å². The summed E-state index contributed by atoms with van der Waals surface area (Å²) in [6, 6.07) is -0.621. The molecule has 7 rings (SSSR count). The van der Waals surface area contributed by atoms with Crippen LogP contribution in [0, 0.1) is 29.6 Å². The zero-order valence-corrected chi connectivity index (χ0v) is 28.6. The minimum atomic E-state index is -1.22. The van der Waals surface area contributed by atoms with Gasteiger partial charge in [0.05, 0.1) is 49.1 Å². The van der Waals surface area contributed by atoms with E-state index in [1.165, 1.54) is 25.7 Å². The predicted molar refractivity (Wildman–Crippen MR) is 182 cm³/mol. The van der Waals surface area contributed by atoms with Gasteiger partial charge in [-0.1, -0.05) is 32.1 Å². The number of nitrogens with zero attached hydrogens (tertiary/aromatic N) is 3. The number of fused-ring (bicyclic) bond motifs is 3. The first kappa shape index (κ1) is 34.2. The number of hydrogen-bond donors (Lipinski definition) is 4. The Hall–Kier alpha value is -2.28. The largest absolute Gasteiger partial charge is 0.379 e. The Morgan fingerprint density at radius 2 is 1.77 bits per heavy atom. The molecule has 0 aromatic carbocycles. The van der Waals surface area contributed by atoms with E-state index in [1.54, 1.807) is 0 Å². The highest BCUT2D eigenvalue weighted by molar-refractivity contribution is 6.20. The minimum Gasteiger partial charge on any atom is -0.379 e. The number of nitrogens with one attached hydrogen (secondary N) is 2. The summed E-state index contributed by atoms with van der Waals surface area (Å²) in [5.74, 6) is 0.956. The first-order chi connectivity index (χ1) is 23.4. The van der Waals surface area contributed by atoms with Crippen LogP contribution in [0.15, 0.2) is 16.8 Å². The molecule has 6 fully saturated rings. The van der Waals surface area contributed by atoms with E-state index >= 15 is 4.39 Å². The summed E-state index contributed by atoms with van der Waals surface area (Å²) in [4.78, 5) is 36.8. The van der Waals surface area contributed by atoms with Crippen molar-refractivity contribution in [1.29, 1.82) is 0 Å². The summed E-state index contributed by atoms with van der Waals surface area (Å²) in [6.07, 6.45) is 12.3. The number of nitrogens with two attached hydrogens (primary N) is 2. The van der Waals surface area contributed by atoms with Gasteiger partial charge >= 0.3 is 0 Å². The van der Waals surface area contributed by atoms with Crippen molar-refractivity contribution in [2.75, 3.05) is 52.5 Å². The highest BCUT2D eigenvalue weighted by Crippen LogP contribution is 2.50. The summed E-state index contributed by atoms with van der Waals surface area (Å²) in [5, 5.41) is 6.67. The molecule has 11 unspecified atom stereocenters. The van der Waals surface area contributed by atoms with Crippen molar-refractivity contribution >= 4 is 17.6 Å². The average Bonchev–Trinajstić information content (AvgIpc) is 3.10. The molecule has 0 radical (unpaired) electrons. The number of carbonyl (C=O) groups excluding carboxylic acids is 2.